The van der Waals surface area contributed by atoms with Crippen LogP contribution in [0.2, 0.25) is 0 Å². The van der Waals surface area contributed by atoms with E-state index in [0.29, 0.717) is 24.2 Å². The Morgan fingerprint density at radius 2 is 1.95 bits per heavy atom. The average Bonchev–Trinajstić information content (AvgIpc) is 2.94. The van der Waals surface area contributed by atoms with E-state index in [1.54, 1.807) is 7.11 Å². The predicted molar refractivity (Wildman–Crippen MR) is 77.5 cm³/mol. The minimum atomic E-state index is 0.120. The van der Waals surface area contributed by atoms with Gasteiger partial charge in [0.25, 0.3) is 0 Å². The third kappa shape index (κ3) is 3.36. The lowest BCUT2D eigenvalue weighted by Gasteiger charge is -2.11. The summed E-state index contributed by atoms with van der Waals surface area (Å²) in [7, 11) is 1.64. The molecule has 1 aromatic carbocycles. The van der Waals surface area contributed by atoms with Gasteiger partial charge in [0.05, 0.1) is 13.0 Å². The Labute approximate surface area is 119 Å². The standard InChI is InChI=1S/C15H21N3O2/c1-10(2)8-12(9-16)15-17-14(18-20-15)11-4-6-13(19-3)7-5-11/h4-7,10,12H,8-9,16H2,1-3H3. The van der Waals surface area contributed by atoms with Gasteiger partial charge in [-0.1, -0.05) is 19.0 Å². The van der Waals surface area contributed by atoms with Crippen molar-refractivity contribution in [3.63, 3.8) is 0 Å². The Kier molecular flexibility index (Phi) is 4.74. The number of nitrogens with two attached hydrogens (primary N) is 1. The van der Waals surface area contributed by atoms with Crippen LogP contribution in [0.4, 0.5) is 0 Å². The summed E-state index contributed by atoms with van der Waals surface area (Å²) in [6, 6.07) is 7.57. The summed E-state index contributed by atoms with van der Waals surface area (Å²) < 4.78 is 10.5. The van der Waals surface area contributed by atoms with Gasteiger partial charge in [0, 0.05) is 12.1 Å². The predicted octanol–water partition coefficient (Wildman–Crippen LogP) is 2.83. The van der Waals surface area contributed by atoms with E-state index < -0.39 is 0 Å². The molecule has 1 heterocycles. The molecule has 2 aromatic rings. The number of nitrogens with zero attached hydrogens (tertiary/aromatic N) is 2. The fraction of sp³-hybridized carbons (Fsp3) is 0.467. The lowest BCUT2D eigenvalue weighted by Crippen LogP contribution is -2.15. The number of rotatable bonds is 6. The molecule has 0 amide bonds. The van der Waals surface area contributed by atoms with Crippen LogP contribution in [-0.4, -0.2) is 23.8 Å². The van der Waals surface area contributed by atoms with Crippen molar-refractivity contribution in [1.82, 2.24) is 10.1 Å². The Morgan fingerprint density at radius 1 is 1.25 bits per heavy atom. The lowest BCUT2D eigenvalue weighted by molar-refractivity contribution is 0.335. The van der Waals surface area contributed by atoms with Crippen molar-refractivity contribution in [3.8, 4) is 17.1 Å². The van der Waals surface area contributed by atoms with E-state index in [2.05, 4.69) is 24.0 Å². The fourth-order valence-electron chi connectivity index (χ4n) is 2.13. The zero-order valence-electron chi connectivity index (χ0n) is 12.2. The number of aromatic nitrogens is 2. The number of ether oxygens (including phenoxy) is 1. The molecule has 0 bridgehead atoms. The van der Waals surface area contributed by atoms with E-state index in [9.17, 15) is 0 Å². The molecular weight excluding hydrogens is 254 g/mol. The molecule has 2 N–H and O–H groups in total. The van der Waals surface area contributed by atoms with Gasteiger partial charge < -0.3 is 15.0 Å². The van der Waals surface area contributed by atoms with Gasteiger partial charge in [0.2, 0.25) is 11.7 Å². The van der Waals surface area contributed by atoms with Crippen LogP contribution in [0.25, 0.3) is 11.4 Å². The van der Waals surface area contributed by atoms with E-state index in [1.165, 1.54) is 0 Å². The van der Waals surface area contributed by atoms with Crippen molar-refractivity contribution >= 4 is 0 Å². The van der Waals surface area contributed by atoms with Crippen molar-refractivity contribution in [2.75, 3.05) is 13.7 Å². The van der Waals surface area contributed by atoms with Crippen LogP contribution in [0.3, 0.4) is 0 Å². The van der Waals surface area contributed by atoms with Gasteiger partial charge >= 0.3 is 0 Å². The van der Waals surface area contributed by atoms with Crippen LogP contribution >= 0.6 is 0 Å². The van der Waals surface area contributed by atoms with Crippen molar-refractivity contribution in [3.05, 3.63) is 30.2 Å². The second kappa shape index (κ2) is 6.52. The second-order valence-corrected chi connectivity index (χ2v) is 5.25. The van der Waals surface area contributed by atoms with Crippen LogP contribution in [0, 0.1) is 5.92 Å². The largest absolute Gasteiger partial charge is 0.497 e. The highest BCUT2D eigenvalue weighted by Gasteiger charge is 2.19. The van der Waals surface area contributed by atoms with E-state index >= 15 is 0 Å². The zero-order valence-corrected chi connectivity index (χ0v) is 12.2. The Hall–Kier alpha value is -1.88. The second-order valence-electron chi connectivity index (χ2n) is 5.25. The number of methoxy groups -OCH3 is 1. The summed E-state index contributed by atoms with van der Waals surface area (Å²) in [6.45, 7) is 4.83. The maximum atomic E-state index is 5.79. The first-order valence-corrected chi connectivity index (χ1v) is 6.82. The van der Waals surface area contributed by atoms with Gasteiger partial charge in [-0.3, -0.25) is 0 Å². The van der Waals surface area contributed by atoms with Crippen molar-refractivity contribution in [2.45, 2.75) is 26.2 Å². The number of hydrogen-bond donors (Lipinski definition) is 1. The molecule has 0 spiro atoms. The van der Waals surface area contributed by atoms with E-state index in [-0.39, 0.29) is 5.92 Å². The van der Waals surface area contributed by atoms with Crippen molar-refractivity contribution < 1.29 is 9.26 Å². The highest BCUT2D eigenvalue weighted by molar-refractivity contribution is 5.55. The maximum Gasteiger partial charge on any atom is 0.231 e. The number of hydrogen-bond acceptors (Lipinski definition) is 5. The molecule has 0 aliphatic heterocycles. The molecule has 0 radical (unpaired) electrons. The SMILES string of the molecule is COc1ccc(-c2noc(C(CN)CC(C)C)n2)cc1. The minimum Gasteiger partial charge on any atom is -0.497 e. The van der Waals surface area contributed by atoms with Gasteiger partial charge in [0.1, 0.15) is 5.75 Å². The monoisotopic (exact) mass is 275 g/mol. The quantitative estimate of drug-likeness (QED) is 0.877. The molecule has 0 saturated heterocycles. The third-order valence-electron chi connectivity index (χ3n) is 3.18. The minimum absolute atomic E-state index is 0.120. The van der Waals surface area contributed by atoms with Crippen LogP contribution < -0.4 is 10.5 Å². The third-order valence-corrected chi connectivity index (χ3v) is 3.18. The fourth-order valence-corrected chi connectivity index (χ4v) is 2.13. The highest BCUT2D eigenvalue weighted by atomic mass is 16.5. The zero-order chi connectivity index (χ0) is 14.5. The van der Waals surface area contributed by atoms with E-state index in [0.717, 1.165) is 17.7 Å². The maximum absolute atomic E-state index is 5.79. The van der Waals surface area contributed by atoms with E-state index in [4.69, 9.17) is 15.0 Å². The molecule has 20 heavy (non-hydrogen) atoms. The summed E-state index contributed by atoms with van der Waals surface area (Å²) >= 11 is 0. The molecule has 2 rings (SSSR count). The summed E-state index contributed by atoms with van der Waals surface area (Å²) in [5.74, 6) is 2.67. The highest BCUT2D eigenvalue weighted by Crippen LogP contribution is 2.25. The summed E-state index contributed by atoms with van der Waals surface area (Å²) in [5.41, 5.74) is 6.70. The summed E-state index contributed by atoms with van der Waals surface area (Å²) in [5, 5.41) is 4.04. The van der Waals surface area contributed by atoms with Crippen molar-refractivity contribution in [2.24, 2.45) is 11.7 Å². The summed E-state index contributed by atoms with van der Waals surface area (Å²) in [6.07, 6.45) is 0.945. The van der Waals surface area contributed by atoms with Gasteiger partial charge in [0.15, 0.2) is 0 Å². The van der Waals surface area contributed by atoms with Crippen LogP contribution in [0.1, 0.15) is 32.1 Å². The lowest BCUT2D eigenvalue weighted by atomic mass is 9.97. The molecule has 5 heteroatoms. The molecule has 1 atom stereocenters. The van der Waals surface area contributed by atoms with Gasteiger partial charge in [-0.15, -0.1) is 0 Å². The Morgan fingerprint density at radius 3 is 2.50 bits per heavy atom. The Bertz CT molecular complexity index is 534. The molecule has 108 valence electrons. The van der Waals surface area contributed by atoms with Crippen LogP contribution in [-0.2, 0) is 0 Å². The summed E-state index contributed by atoms with van der Waals surface area (Å²) in [4.78, 5) is 4.46. The molecule has 0 saturated carbocycles. The molecular formula is C15H21N3O2. The molecule has 0 fully saturated rings. The molecule has 0 aliphatic carbocycles. The number of benzene rings is 1. The normalized spacial score (nSPS) is 12.7. The Balaban J connectivity index is 2.18. The first-order chi connectivity index (χ1) is 9.63. The first-order valence-electron chi connectivity index (χ1n) is 6.82. The molecule has 1 unspecified atom stereocenters. The topological polar surface area (TPSA) is 74.2 Å². The molecule has 1 aromatic heterocycles. The van der Waals surface area contributed by atoms with Gasteiger partial charge in [-0.2, -0.15) is 4.98 Å². The van der Waals surface area contributed by atoms with Gasteiger partial charge in [-0.05, 0) is 36.6 Å². The average molecular weight is 275 g/mol. The van der Waals surface area contributed by atoms with Gasteiger partial charge in [-0.25, -0.2) is 0 Å². The van der Waals surface area contributed by atoms with Crippen LogP contribution in [0.15, 0.2) is 28.8 Å². The smallest absolute Gasteiger partial charge is 0.231 e. The molecule has 0 aliphatic rings. The molecule has 5 nitrogen and oxygen atoms in total. The van der Waals surface area contributed by atoms with E-state index in [1.807, 2.05) is 24.3 Å². The van der Waals surface area contributed by atoms with Crippen molar-refractivity contribution in [1.29, 1.82) is 0 Å². The first kappa shape index (κ1) is 14.5. The van der Waals surface area contributed by atoms with Crippen LogP contribution in [0.5, 0.6) is 5.75 Å².